The molecule has 1 aromatic rings. The fourth-order valence-corrected chi connectivity index (χ4v) is 3.62. The van der Waals surface area contributed by atoms with Gasteiger partial charge in [0.25, 0.3) is 0 Å². The summed E-state index contributed by atoms with van der Waals surface area (Å²) in [4.78, 5) is 23.2. The van der Waals surface area contributed by atoms with Crippen molar-refractivity contribution in [3.63, 3.8) is 0 Å². The summed E-state index contributed by atoms with van der Waals surface area (Å²) in [6.07, 6.45) is -0.285. The maximum absolute atomic E-state index is 13.5. The molecule has 19 heteroatoms. The predicted molar refractivity (Wildman–Crippen MR) is 175 cm³/mol. The number of halogens is 5. The third-order valence-electron chi connectivity index (χ3n) is 6.05. The van der Waals surface area contributed by atoms with Crippen LogP contribution in [-0.2, 0) is 61.7 Å². The van der Waals surface area contributed by atoms with Crippen LogP contribution < -0.4 is 4.74 Å². The number of carbonyl (C=O) groups excluding carboxylic acids is 2. The molecule has 0 aliphatic rings. The minimum atomic E-state index is -2.35. The molecule has 0 unspecified atom stereocenters. The largest absolute Gasteiger partial charge is 0.460 e. The summed E-state index contributed by atoms with van der Waals surface area (Å²) in [6.45, 7) is 12.1. The molecule has 0 radical (unpaired) electrons. The van der Waals surface area contributed by atoms with Crippen molar-refractivity contribution in [1.29, 1.82) is 0 Å². The van der Waals surface area contributed by atoms with Crippen LogP contribution in [0.15, 0.2) is 0 Å². The lowest BCUT2D eigenvalue weighted by Gasteiger charge is -2.19. The van der Waals surface area contributed by atoms with Crippen LogP contribution in [0.25, 0.3) is 0 Å². The van der Waals surface area contributed by atoms with Crippen LogP contribution in [0.1, 0.15) is 33.6 Å². The molecule has 1 aromatic carbocycles. The van der Waals surface area contributed by atoms with Crippen molar-refractivity contribution in [3.05, 3.63) is 29.1 Å². The third kappa shape index (κ3) is 26.0. The molecular formula is C34H53F5O14. The van der Waals surface area contributed by atoms with E-state index in [1.165, 1.54) is 0 Å². The molecular weight excluding hydrogens is 727 g/mol. The Morgan fingerprint density at radius 2 is 0.604 bits per heavy atom. The van der Waals surface area contributed by atoms with Crippen molar-refractivity contribution in [2.75, 3.05) is 132 Å². The Kier molecular flexibility index (Phi) is 28.1. The summed E-state index contributed by atoms with van der Waals surface area (Å²) in [5.41, 5.74) is -0.497. The highest BCUT2D eigenvalue weighted by Crippen LogP contribution is 2.29. The minimum absolute atomic E-state index is 0.0751. The molecule has 0 heterocycles. The fourth-order valence-electron chi connectivity index (χ4n) is 3.62. The summed E-state index contributed by atoms with van der Waals surface area (Å²) >= 11 is 0. The second-order valence-corrected chi connectivity index (χ2v) is 11.6. The zero-order valence-electron chi connectivity index (χ0n) is 30.7. The van der Waals surface area contributed by atoms with Crippen LogP contribution in [0.2, 0.25) is 0 Å². The SMILES string of the molecule is CC(C)(C)OC(=O)CCOCCOCCOCCOCCOCCOCCOCCOCCOCCOCCC(=O)Oc1c(F)c(F)c(F)c(F)c1F. The molecule has 0 atom stereocenters. The first kappa shape index (κ1) is 48.4. The Bertz CT molecular complexity index is 1100. The maximum Gasteiger partial charge on any atom is 0.313 e. The average molecular weight is 781 g/mol. The standard InChI is InChI=1S/C34H53F5O14/c1-34(2,3)53-27(41)5-7-43-9-11-45-13-15-47-17-19-49-21-23-51-25-24-50-22-20-48-18-16-46-14-12-44-10-8-42-6-4-26(40)52-33-31(38)29(36)28(35)30(37)32(33)39/h4-25H2,1-3H3. The molecule has 0 aliphatic heterocycles. The number of rotatable bonds is 34. The molecule has 0 amide bonds. The first-order chi connectivity index (χ1) is 25.4. The molecule has 14 nitrogen and oxygen atoms in total. The summed E-state index contributed by atoms with van der Waals surface area (Å²) in [7, 11) is 0. The Hall–Kier alpha value is -2.59. The van der Waals surface area contributed by atoms with E-state index in [0.717, 1.165) is 0 Å². The van der Waals surface area contributed by atoms with Crippen molar-refractivity contribution < 1.29 is 88.4 Å². The van der Waals surface area contributed by atoms with Crippen LogP contribution >= 0.6 is 0 Å². The van der Waals surface area contributed by atoms with E-state index in [4.69, 9.17) is 52.1 Å². The van der Waals surface area contributed by atoms with Crippen molar-refractivity contribution in [3.8, 4) is 5.75 Å². The van der Waals surface area contributed by atoms with Crippen molar-refractivity contribution in [2.24, 2.45) is 0 Å². The quantitative estimate of drug-likeness (QED) is 0.0251. The highest BCUT2D eigenvalue weighted by molar-refractivity contribution is 5.72. The van der Waals surface area contributed by atoms with Crippen LogP contribution in [0, 0.1) is 29.1 Å². The van der Waals surface area contributed by atoms with Gasteiger partial charge in [-0.2, -0.15) is 8.78 Å². The average Bonchev–Trinajstić information content (AvgIpc) is 3.11. The van der Waals surface area contributed by atoms with Crippen molar-refractivity contribution in [1.82, 2.24) is 0 Å². The van der Waals surface area contributed by atoms with E-state index in [-0.39, 0.29) is 38.8 Å². The minimum Gasteiger partial charge on any atom is -0.460 e. The van der Waals surface area contributed by atoms with Crippen LogP contribution in [0.5, 0.6) is 5.75 Å². The molecule has 53 heavy (non-hydrogen) atoms. The van der Waals surface area contributed by atoms with Crippen LogP contribution in [0.3, 0.4) is 0 Å². The second kappa shape index (κ2) is 30.7. The Balaban J connectivity index is 1.74. The molecule has 0 bridgehead atoms. The van der Waals surface area contributed by atoms with Crippen molar-refractivity contribution >= 4 is 11.9 Å². The van der Waals surface area contributed by atoms with Gasteiger partial charge in [0.15, 0.2) is 0 Å². The summed E-state index contributed by atoms with van der Waals surface area (Å²) in [6, 6.07) is 0. The van der Waals surface area contributed by atoms with Gasteiger partial charge in [0.05, 0.1) is 145 Å². The maximum atomic E-state index is 13.5. The highest BCUT2D eigenvalue weighted by atomic mass is 19.2. The van der Waals surface area contributed by atoms with Gasteiger partial charge < -0.3 is 56.8 Å². The lowest BCUT2D eigenvalue weighted by atomic mass is 10.2. The summed E-state index contributed by atoms with van der Waals surface area (Å²) in [5.74, 6) is -14.4. The normalized spacial score (nSPS) is 11.7. The molecule has 0 saturated heterocycles. The van der Waals surface area contributed by atoms with E-state index < -0.39 is 52.8 Å². The van der Waals surface area contributed by atoms with Gasteiger partial charge in [0.1, 0.15) is 5.60 Å². The smallest absolute Gasteiger partial charge is 0.313 e. The zero-order chi connectivity index (χ0) is 39.2. The van der Waals surface area contributed by atoms with Gasteiger partial charge in [-0.25, -0.2) is 13.2 Å². The summed E-state index contributed by atoms with van der Waals surface area (Å²) < 4.78 is 130. The van der Waals surface area contributed by atoms with E-state index >= 15 is 0 Å². The first-order valence-electron chi connectivity index (χ1n) is 17.2. The molecule has 0 aliphatic carbocycles. The molecule has 0 N–H and O–H groups in total. The second-order valence-electron chi connectivity index (χ2n) is 11.6. The van der Waals surface area contributed by atoms with Crippen molar-refractivity contribution in [2.45, 2.75) is 39.2 Å². The molecule has 308 valence electrons. The number of hydrogen-bond donors (Lipinski definition) is 0. The number of ether oxygens (including phenoxy) is 12. The Morgan fingerprint density at radius 3 is 0.868 bits per heavy atom. The highest BCUT2D eigenvalue weighted by Gasteiger charge is 2.28. The molecule has 0 spiro atoms. The van der Waals surface area contributed by atoms with Gasteiger partial charge in [0, 0.05) is 0 Å². The van der Waals surface area contributed by atoms with Gasteiger partial charge in [-0.3, -0.25) is 9.59 Å². The van der Waals surface area contributed by atoms with Gasteiger partial charge in [-0.15, -0.1) is 0 Å². The van der Waals surface area contributed by atoms with E-state index in [1.807, 2.05) is 20.8 Å². The third-order valence-corrected chi connectivity index (χ3v) is 6.05. The monoisotopic (exact) mass is 780 g/mol. The van der Waals surface area contributed by atoms with Gasteiger partial charge in [0.2, 0.25) is 34.8 Å². The molecule has 0 aromatic heterocycles. The zero-order valence-corrected chi connectivity index (χ0v) is 30.7. The van der Waals surface area contributed by atoms with Gasteiger partial charge >= 0.3 is 11.9 Å². The number of benzene rings is 1. The topological polar surface area (TPSA) is 145 Å². The predicted octanol–water partition coefficient (Wildman–Crippen LogP) is 3.58. The molecule has 1 rings (SSSR count). The van der Waals surface area contributed by atoms with E-state index in [1.54, 1.807) is 0 Å². The van der Waals surface area contributed by atoms with Gasteiger partial charge in [-0.1, -0.05) is 0 Å². The van der Waals surface area contributed by atoms with E-state index in [2.05, 4.69) is 4.74 Å². The Labute approximate surface area is 306 Å². The van der Waals surface area contributed by atoms with E-state index in [9.17, 15) is 31.5 Å². The number of carbonyl (C=O) groups is 2. The van der Waals surface area contributed by atoms with Crippen LogP contribution in [0.4, 0.5) is 22.0 Å². The Morgan fingerprint density at radius 1 is 0.377 bits per heavy atom. The number of hydrogen-bond acceptors (Lipinski definition) is 14. The lowest BCUT2D eigenvalue weighted by Crippen LogP contribution is -2.24. The summed E-state index contributed by atoms with van der Waals surface area (Å²) in [5, 5.41) is 0. The van der Waals surface area contributed by atoms with Crippen LogP contribution in [-0.4, -0.2) is 150 Å². The first-order valence-corrected chi connectivity index (χ1v) is 17.2. The molecule has 0 saturated carbocycles. The lowest BCUT2D eigenvalue weighted by molar-refractivity contribution is -0.156. The fraction of sp³-hybridized carbons (Fsp3) is 0.765. The van der Waals surface area contributed by atoms with E-state index in [0.29, 0.717) is 106 Å². The number of esters is 2. The van der Waals surface area contributed by atoms with Gasteiger partial charge in [-0.05, 0) is 20.8 Å². The molecule has 0 fully saturated rings.